The Bertz CT molecular complexity index is 554. The van der Waals surface area contributed by atoms with Crippen molar-refractivity contribution in [2.75, 3.05) is 20.1 Å². The first kappa shape index (κ1) is 14.5. The number of imidazole rings is 1. The summed E-state index contributed by atoms with van der Waals surface area (Å²) in [5.74, 6) is 0.635. The summed E-state index contributed by atoms with van der Waals surface area (Å²) in [6.45, 7) is 6.83. The molecule has 0 bridgehead atoms. The zero-order valence-corrected chi connectivity index (χ0v) is 13.3. The Morgan fingerprint density at radius 3 is 2.95 bits per heavy atom. The zero-order valence-electron chi connectivity index (χ0n) is 13.3. The molecule has 1 saturated heterocycles. The molecule has 1 fully saturated rings. The molecule has 2 aromatic heterocycles. The standard InChI is InChI=1S/C17H26N4/c1-13(2)21-10-6-7-14(11-18-3)17(21)15-12-20-9-5-4-8-16(20)19-15/h4-5,8-9,12-14,17-18H,6-7,10-11H2,1-3H3. The van der Waals surface area contributed by atoms with Crippen molar-refractivity contribution in [3.8, 4) is 0 Å². The van der Waals surface area contributed by atoms with E-state index in [-0.39, 0.29) is 0 Å². The zero-order chi connectivity index (χ0) is 14.8. The minimum atomic E-state index is 0.422. The molecule has 0 spiro atoms. The van der Waals surface area contributed by atoms with Crippen LogP contribution in [0, 0.1) is 5.92 Å². The molecule has 2 unspecified atom stereocenters. The number of aromatic nitrogens is 2. The molecule has 1 aliphatic rings. The Balaban J connectivity index is 1.99. The molecule has 4 nitrogen and oxygen atoms in total. The van der Waals surface area contributed by atoms with Crippen LogP contribution < -0.4 is 5.32 Å². The summed E-state index contributed by atoms with van der Waals surface area (Å²) in [7, 11) is 2.05. The van der Waals surface area contributed by atoms with Crippen LogP contribution in [0.25, 0.3) is 5.65 Å². The second kappa shape index (κ2) is 6.16. The SMILES string of the molecule is CNCC1CCCN(C(C)C)C1c1cn2ccccc2n1. The number of nitrogens with zero attached hydrogens (tertiary/aromatic N) is 3. The van der Waals surface area contributed by atoms with E-state index >= 15 is 0 Å². The van der Waals surface area contributed by atoms with Gasteiger partial charge in [0.25, 0.3) is 0 Å². The van der Waals surface area contributed by atoms with Gasteiger partial charge in [-0.15, -0.1) is 0 Å². The summed E-state index contributed by atoms with van der Waals surface area (Å²) < 4.78 is 2.14. The Labute approximate surface area is 127 Å². The van der Waals surface area contributed by atoms with Crippen molar-refractivity contribution in [2.45, 2.75) is 38.8 Å². The molecule has 0 amide bonds. The summed E-state index contributed by atoms with van der Waals surface area (Å²) in [5.41, 5.74) is 2.26. The van der Waals surface area contributed by atoms with Crippen LogP contribution in [-0.4, -0.2) is 40.5 Å². The van der Waals surface area contributed by atoms with E-state index in [4.69, 9.17) is 4.98 Å². The third kappa shape index (κ3) is 2.83. The molecule has 0 radical (unpaired) electrons. The molecule has 0 saturated carbocycles. The quantitative estimate of drug-likeness (QED) is 0.938. The van der Waals surface area contributed by atoms with Crippen molar-refractivity contribution >= 4 is 5.65 Å². The number of pyridine rings is 1. The molecule has 2 aromatic rings. The first-order valence-corrected chi connectivity index (χ1v) is 8.04. The van der Waals surface area contributed by atoms with Gasteiger partial charge < -0.3 is 9.72 Å². The van der Waals surface area contributed by atoms with Crippen LogP contribution in [0.3, 0.4) is 0 Å². The van der Waals surface area contributed by atoms with Gasteiger partial charge >= 0.3 is 0 Å². The maximum Gasteiger partial charge on any atom is 0.137 e. The third-order valence-electron chi connectivity index (χ3n) is 4.61. The number of hydrogen-bond acceptors (Lipinski definition) is 3. The molecule has 1 N–H and O–H groups in total. The number of hydrogen-bond donors (Lipinski definition) is 1. The first-order valence-electron chi connectivity index (χ1n) is 8.04. The Morgan fingerprint density at radius 2 is 2.24 bits per heavy atom. The second-order valence-corrected chi connectivity index (χ2v) is 6.37. The van der Waals surface area contributed by atoms with E-state index < -0.39 is 0 Å². The fourth-order valence-corrected chi connectivity index (χ4v) is 3.67. The Morgan fingerprint density at radius 1 is 1.38 bits per heavy atom. The van der Waals surface area contributed by atoms with Gasteiger partial charge in [-0.25, -0.2) is 4.98 Å². The van der Waals surface area contributed by atoms with Gasteiger partial charge in [-0.05, 0) is 64.9 Å². The van der Waals surface area contributed by atoms with Crippen LogP contribution in [-0.2, 0) is 0 Å². The van der Waals surface area contributed by atoms with Gasteiger partial charge in [0.1, 0.15) is 5.65 Å². The molecule has 0 aromatic carbocycles. The van der Waals surface area contributed by atoms with Gasteiger partial charge in [-0.1, -0.05) is 6.07 Å². The van der Waals surface area contributed by atoms with Gasteiger partial charge in [-0.3, -0.25) is 4.90 Å². The van der Waals surface area contributed by atoms with Crippen molar-refractivity contribution < 1.29 is 0 Å². The van der Waals surface area contributed by atoms with E-state index in [2.05, 4.69) is 66.1 Å². The molecule has 3 heterocycles. The van der Waals surface area contributed by atoms with Gasteiger partial charge in [0.05, 0.1) is 11.7 Å². The maximum absolute atomic E-state index is 4.90. The lowest BCUT2D eigenvalue weighted by atomic mass is 9.86. The van der Waals surface area contributed by atoms with Crippen molar-refractivity contribution in [3.05, 3.63) is 36.3 Å². The van der Waals surface area contributed by atoms with E-state index in [0.29, 0.717) is 18.0 Å². The second-order valence-electron chi connectivity index (χ2n) is 6.37. The number of rotatable bonds is 4. The van der Waals surface area contributed by atoms with E-state index in [1.807, 2.05) is 0 Å². The number of likely N-dealkylation sites (tertiary alicyclic amines) is 1. The van der Waals surface area contributed by atoms with Crippen LogP contribution in [0.5, 0.6) is 0 Å². The summed E-state index contributed by atoms with van der Waals surface area (Å²) >= 11 is 0. The molecule has 3 rings (SSSR count). The van der Waals surface area contributed by atoms with Gasteiger partial charge in [-0.2, -0.15) is 0 Å². The topological polar surface area (TPSA) is 32.6 Å². The van der Waals surface area contributed by atoms with Crippen molar-refractivity contribution in [2.24, 2.45) is 5.92 Å². The largest absolute Gasteiger partial charge is 0.319 e. The van der Waals surface area contributed by atoms with Crippen LogP contribution in [0.15, 0.2) is 30.6 Å². The average molecular weight is 286 g/mol. The molecular formula is C17H26N4. The normalized spacial score (nSPS) is 24.0. The molecule has 2 atom stereocenters. The lowest BCUT2D eigenvalue weighted by Crippen LogP contribution is -2.45. The minimum absolute atomic E-state index is 0.422. The van der Waals surface area contributed by atoms with E-state index in [1.165, 1.54) is 25.1 Å². The highest BCUT2D eigenvalue weighted by atomic mass is 15.2. The van der Waals surface area contributed by atoms with Gasteiger partial charge in [0, 0.05) is 18.4 Å². The number of nitrogens with one attached hydrogen (secondary N) is 1. The number of piperidine rings is 1. The van der Waals surface area contributed by atoms with Crippen LogP contribution in [0.1, 0.15) is 38.4 Å². The molecule has 21 heavy (non-hydrogen) atoms. The van der Waals surface area contributed by atoms with Crippen molar-refractivity contribution in [1.29, 1.82) is 0 Å². The fourth-order valence-electron chi connectivity index (χ4n) is 3.67. The molecule has 0 aliphatic carbocycles. The molecule has 4 heteroatoms. The average Bonchev–Trinajstić information content (AvgIpc) is 2.90. The summed E-state index contributed by atoms with van der Waals surface area (Å²) in [5, 5.41) is 3.37. The van der Waals surface area contributed by atoms with Crippen LogP contribution in [0.2, 0.25) is 0 Å². The highest BCUT2D eigenvalue weighted by molar-refractivity contribution is 5.40. The van der Waals surface area contributed by atoms with Crippen molar-refractivity contribution in [3.63, 3.8) is 0 Å². The van der Waals surface area contributed by atoms with E-state index in [9.17, 15) is 0 Å². The van der Waals surface area contributed by atoms with Crippen LogP contribution >= 0.6 is 0 Å². The predicted molar refractivity (Wildman–Crippen MR) is 86.4 cm³/mol. The molecule has 1 aliphatic heterocycles. The fraction of sp³-hybridized carbons (Fsp3) is 0.588. The Hall–Kier alpha value is -1.39. The van der Waals surface area contributed by atoms with Crippen LogP contribution in [0.4, 0.5) is 0 Å². The van der Waals surface area contributed by atoms with Crippen molar-refractivity contribution in [1.82, 2.24) is 19.6 Å². The smallest absolute Gasteiger partial charge is 0.137 e. The molecular weight excluding hydrogens is 260 g/mol. The van der Waals surface area contributed by atoms with Gasteiger partial charge in [0.15, 0.2) is 0 Å². The first-order chi connectivity index (χ1) is 10.2. The van der Waals surface area contributed by atoms with E-state index in [0.717, 1.165) is 12.2 Å². The lowest BCUT2D eigenvalue weighted by molar-refractivity contribution is 0.0612. The third-order valence-corrected chi connectivity index (χ3v) is 4.61. The maximum atomic E-state index is 4.90. The summed E-state index contributed by atoms with van der Waals surface area (Å²) in [6, 6.07) is 7.17. The predicted octanol–water partition coefficient (Wildman–Crippen LogP) is 2.72. The minimum Gasteiger partial charge on any atom is -0.319 e. The molecule has 114 valence electrons. The highest BCUT2D eigenvalue weighted by Gasteiger charge is 2.35. The summed E-state index contributed by atoms with van der Waals surface area (Å²) in [6.07, 6.45) is 6.86. The van der Waals surface area contributed by atoms with E-state index in [1.54, 1.807) is 0 Å². The monoisotopic (exact) mass is 286 g/mol. The van der Waals surface area contributed by atoms with Gasteiger partial charge in [0.2, 0.25) is 0 Å². The summed E-state index contributed by atoms with van der Waals surface area (Å²) in [4.78, 5) is 7.51. The highest BCUT2D eigenvalue weighted by Crippen LogP contribution is 2.36. The Kier molecular flexibility index (Phi) is 4.27. The number of fused-ring (bicyclic) bond motifs is 1. The lowest BCUT2D eigenvalue weighted by Gasteiger charge is -2.43.